The molecular weight excluding hydrogens is 292 g/mol. The number of hydrogen-bond donors (Lipinski definition) is 1. The van der Waals surface area contributed by atoms with E-state index in [1.807, 2.05) is 18.2 Å². The summed E-state index contributed by atoms with van der Waals surface area (Å²) >= 11 is 3.48. The van der Waals surface area contributed by atoms with Gasteiger partial charge in [0, 0.05) is 4.47 Å². The summed E-state index contributed by atoms with van der Waals surface area (Å²) in [5, 5.41) is 9.45. The molecule has 0 radical (unpaired) electrons. The maximum atomic E-state index is 9.45. The maximum Gasteiger partial charge on any atom is 0.124 e. The molecule has 1 unspecified atom stereocenters. The van der Waals surface area contributed by atoms with Crippen LogP contribution in [0.4, 0.5) is 0 Å². The highest BCUT2D eigenvalue weighted by Crippen LogP contribution is 2.36. The van der Waals surface area contributed by atoms with Gasteiger partial charge in [0.25, 0.3) is 0 Å². The molecule has 1 N–H and O–H groups in total. The van der Waals surface area contributed by atoms with Crippen LogP contribution in [0.25, 0.3) is 0 Å². The number of phenolic OH excluding ortho intramolecular Hbond substituents is 1. The molecule has 0 amide bonds. The number of aromatic hydroxyl groups is 1. The normalized spacial score (nSPS) is 17.9. The Morgan fingerprint density at radius 1 is 1.17 bits per heavy atom. The highest BCUT2D eigenvalue weighted by atomic mass is 79.9. The van der Waals surface area contributed by atoms with Gasteiger partial charge in [0.2, 0.25) is 0 Å². The van der Waals surface area contributed by atoms with Crippen LogP contribution in [-0.2, 0) is 6.42 Å². The first-order valence-corrected chi connectivity index (χ1v) is 6.76. The number of phenols is 1. The monoisotopic (exact) mass is 304 g/mol. The molecule has 3 rings (SSSR count). The van der Waals surface area contributed by atoms with Crippen molar-refractivity contribution in [3.8, 4) is 11.5 Å². The van der Waals surface area contributed by atoms with E-state index in [0.29, 0.717) is 5.75 Å². The van der Waals surface area contributed by atoms with Gasteiger partial charge in [-0.3, -0.25) is 0 Å². The van der Waals surface area contributed by atoms with Crippen molar-refractivity contribution in [1.29, 1.82) is 0 Å². The van der Waals surface area contributed by atoms with Crippen LogP contribution >= 0.6 is 15.9 Å². The van der Waals surface area contributed by atoms with Crippen LogP contribution in [0.1, 0.15) is 23.7 Å². The van der Waals surface area contributed by atoms with Crippen LogP contribution in [0, 0.1) is 0 Å². The second-order valence-electron chi connectivity index (χ2n) is 4.49. The van der Waals surface area contributed by atoms with Gasteiger partial charge < -0.3 is 9.84 Å². The standard InChI is InChI=1S/C15H13BrO2/c16-12-3-1-2-10(8-12)14-6-4-11-9-13(17)5-7-15(11)18-14/h1-3,5,7-9,14,17H,4,6H2. The summed E-state index contributed by atoms with van der Waals surface area (Å²) in [5.74, 6) is 1.18. The largest absolute Gasteiger partial charge is 0.508 e. The van der Waals surface area contributed by atoms with E-state index in [0.717, 1.165) is 28.6 Å². The third-order valence-corrected chi connectivity index (χ3v) is 3.70. The first kappa shape index (κ1) is 11.6. The van der Waals surface area contributed by atoms with E-state index in [4.69, 9.17) is 4.74 Å². The molecule has 0 spiro atoms. The van der Waals surface area contributed by atoms with Crippen LogP contribution in [0.2, 0.25) is 0 Å². The molecule has 0 aliphatic carbocycles. The molecule has 0 aromatic heterocycles. The predicted molar refractivity (Wildman–Crippen MR) is 73.9 cm³/mol. The molecule has 0 saturated heterocycles. The molecule has 1 aliphatic heterocycles. The Hall–Kier alpha value is -1.48. The summed E-state index contributed by atoms with van der Waals surface area (Å²) in [5.41, 5.74) is 2.27. The van der Waals surface area contributed by atoms with Crippen molar-refractivity contribution in [2.45, 2.75) is 18.9 Å². The molecule has 1 atom stereocenters. The fraction of sp³-hybridized carbons (Fsp3) is 0.200. The Bertz CT molecular complexity index is 580. The van der Waals surface area contributed by atoms with Gasteiger partial charge >= 0.3 is 0 Å². The van der Waals surface area contributed by atoms with Crippen molar-refractivity contribution in [2.24, 2.45) is 0 Å². The third kappa shape index (κ3) is 2.23. The van der Waals surface area contributed by atoms with Crippen LogP contribution in [-0.4, -0.2) is 5.11 Å². The minimum Gasteiger partial charge on any atom is -0.508 e. The highest BCUT2D eigenvalue weighted by Gasteiger charge is 2.21. The van der Waals surface area contributed by atoms with Gasteiger partial charge in [-0.25, -0.2) is 0 Å². The van der Waals surface area contributed by atoms with E-state index in [-0.39, 0.29) is 6.10 Å². The zero-order chi connectivity index (χ0) is 12.5. The number of rotatable bonds is 1. The fourth-order valence-corrected chi connectivity index (χ4v) is 2.73. The summed E-state index contributed by atoms with van der Waals surface area (Å²) in [4.78, 5) is 0. The van der Waals surface area contributed by atoms with Gasteiger partial charge in [0.05, 0.1) is 0 Å². The first-order chi connectivity index (χ1) is 8.72. The quantitative estimate of drug-likeness (QED) is 0.854. The van der Waals surface area contributed by atoms with Crippen molar-refractivity contribution < 1.29 is 9.84 Å². The van der Waals surface area contributed by atoms with E-state index >= 15 is 0 Å². The SMILES string of the molecule is Oc1ccc2c(c1)CCC(c1cccc(Br)c1)O2. The van der Waals surface area contributed by atoms with Crippen molar-refractivity contribution >= 4 is 15.9 Å². The second-order valence-corrected chi connectivity index (χ2v) is 5.41. The number of fused-ring (bicyclic) bond motifs is 1. The van der Waals surface area contributed by atoms with Crippen LogP contribution in [0.15, 0.2) is 46.9 Å². The van der Waals surface area contributed by atoms with Gasteiger partial charge in [0.1, 0.15) is 17.6 Å². The number of halogens is 1. The summed E-state index contributed by atoms with van der Waals surface area (Å²) in [6.07, 6.45) is 1.97. The Balaban J connectivity index is 1.89. The van der Waals surface area contributed by atoms with E-state index in [9.17, 15) is 5.11 Å². The van der Waals surface area contributed by atoms with Crippen molar-refractivity contribution in [3.63, 3.8) is 0 Å². The number of ether oxygens (including phenoxy) is 1. The molecule has 92 valence electrons. The molecule has 2 nitrogen and oxygen atoms in total. The minimum atomic E-state index is 0.0968. The number of benzene rings is 2. The Morgan fingerprint density at radius 2 is 2.06 bits per heavy atom. The average Bonchev–Trinajstić information content (AvgIpc) is 2.38. The van der Waals surface area contributed by atoms with Crippen molar-refractivity contribution in [1.82, 2.24) is 0 Å². The Kier molecular flexibility index (Phi) is 3.00. The van der Waals surface area contributed by atoms with Crippen LogP contribution in [0.3, 0.4) is 0 Å². The first-order valence-electron chi connectivity index (χ1n) is 5.96. The van der Waals surface area contributed by atoms with Crippen molar-refractivity contribution in [3.05, 3.63) is 58.1 Å². The lowest BCUT2D eigenvalue weighted by atomic mass is 9.97. The average molecular weight is 305 g/mol. The zero-order valence-corrected chi connectivity index (χ0v) is 11.4. The lowest BCUT2D eigenvalue weighted by molar-refractivity contribution is 0.176. The van der Waals surface area contributed by atoms with Gasteiger partial charge in [0.15, 0.2) is 0 Å². The molecule has 2 aromatic carbocycles. The van der Waals surface area contributed by atoms with Gasteiger partial charge in [-0.05, 0) is 54.3 Å². The smallest absolute Gasteiger partial charge is 0.124 e. The van der Waals surface area contributed by atoms with Gasteiger partial charge in [-0.15, -0.1) is 0 Å². The summed E-state index contributed by atoms with van der Waals surface area (Å²) in [7, 11) is 0. The van der Waals surface area contributed by atoms with Gasteiger partial charge in [-0.1, -0.05) is 28.1 Å². The molecule has 0 saturated carbocycles. The zero-order valence-electron chi connectivity index (χ0n) is 9.77. The molecule has 1 heterocycles. The Morgan fingerprint density at radius 3 is 2.89 bits per heavy atom. The molecule has 3 heteroatoms. The summed E-state index contributed by atoms with van der Waals surface area (Å²) < 4.78 is 7.07. The molecule has 0 bridgehead atoms. The number of aryl methyl sites for hydroxylation is 1. The molecular formula is C15H13BrO2. The lowest BCUT2D eigenvalue weighted by Crippen LogP contribution is -2.14. The van der Waals surface area contributed by atoms with E-state index in [2.05, 4.69) is 28.1 Å². The van der Waals surface area contributed by atoms with Gasteiger partial charge in [-0.2, -0.15) is 0 Å². The molecule has 1 aliphatic rings. The second kappa shape index (κ2) is 4.65. The molecule has 0 fully saturated rings. The molecule has 2 aromatic rings. The predicted octanol–water partition coefficient (Wildman–Crippen LogP) is 4.22. The van der Waals surface area contributed by atoms with Crippen LogP contribution in [0.5, 0.6) is 11.5 Å². The van der Waals surface area contributed by atoms with E-state index in [1.54, 1.807) is 12.1 Å². The fourth-order valence-electron chi connectivity index (χ4n) is 2.32. The van der Waals surface area contributed by atoms with Crippen LogP contribution < -0.4 is 4.74 Å². The lowest BCUT2D eigenvalue weighted by Gasteiger charge is -2.26. The molecule has 18 heavy (non-hydrogen) atoms. The summed E-state index contributed by atoms with van der Waals surface area (Å²) in [6.45, 7) is 0. The Labute approximate surface area is 114 Å². The van der Waals surface area contributed by atoms with Crippen molar-refractivity contribution in [2.75, 3.05) is 0 Å². The third-order valence-electron chi connectivity index (χ3n) is 3.21. The highest BCUT2D eigenvalue weighted by molar-refractivity contribution is 9.10. The van der Waals surface area contributed by atoms with E-state index in [1.165, 1.54) is 5.56 Å². The topological polar surface area (TPSA) is 29.5 Å². The maximum absolute atomic E-state index is 9.45. The van der Waals surface area contributed by atoms with E-state index < -0.39 is 0 Å². The number of hydrogen-bond acceptors (Lipinski definition) is 2. The summed E-state index contributed by atoms with van der Waals surface area (Å²) in [6, 6.07) is 13.5. The minimum absolute atomic E-state index is 0.0968.